The smallest absolute Gasteiger partial charge is 0.200 e. The van der Waals surface area contributed by atoms with Crippen molar-refractivity contribution in [3.8, 4) is 34.5 Å². The molecular formula is C48H51N3O8. The van der Waals surface area contributed by atoms with E-state index in [0.717, 1.165) is 51.7 Å². The Morgan fingerprint density at radius 2 is 1.75 bits per heavy atom. The lowest BCUT2D eigenvalue weighted by atomic mass is 9.58. The third-order valence-corrected chi connectivity index (χ3v) is 12.9. The number of anilines is 2. The van der Waals surface area contributed by atoms with Crippen molar-refractivity contribution in [3.05, 3.63) is 125 Å². The summed E-state index contributed by atoms with van der Waals surface area (Å²) in [5.74, 6) is -0.888. The molecule has 11 heteroatoms. The predicted octanol–water partition coefficient (Wildman–Crippen LogP) is 8.73. The molecule has 306 valence electrons. The fourth-order valence-corrected chi connectivity index (χ4v) is 10.1. The number of nitrogens with zero attached hydrogens (tertiary/aromatic N) is 1. The van der Waals surface area contributed by atoms with Crippen LogP contribution in [0.5, 0.6) is 34.5 Å². The third-order valence-electron chi connectivity index (χ3n) is 12.9. The van der Waals surface area contributed by atoms with Crippen molar-refractivity contribution in [1.29, 1.82) is 0 Å². The molecule has 1 saturated carbocycles. The molecule has 4 aromatic carbocycles. The van der Waals surface area contributed by atoms with Gasteiger partial charge in [-0.25, -0.2) is 4.98 Å². The summed E-state index contributed by atoms with van der Waals surface area (Å²) in [6.07, 6.45) is 7.43. The summed E-state index contributed by atoms with van der Waals surface area (Å²) in [6, 6.07) is 25.7. The largest absolute Gasteiger partial charge is 0.508 e. The molecule has 3 heterocycles. The number of aromatic hydroxyl groups is 4. The Labute approximate surface area is 343 Å². The zero-order valence-electron chi connectivity index (χ0n) is 33.3. The molecule has 0 amide bonds. The first kappa shape index (κ1) is 39.6. The number of H-pyrrole nitrogens is 1. The van der Waals surface area contributed by atoms with E-state index in [4.69, 9.17) is 14.5 Å². The van der Waals surface area contributed by atoms with Gasteiger partial charge in [0.25, 0.3) is 0 Å². The normalized spacial score (nSPS) is 21.2. The van der Waals surface area contributed by atoms with Crippen LogP contribution in [0.1, 0.15) is 72.4 Å². The Balaban J connectivity index is 1.30. The van der Waals surface area contributed by atoms with Crippen LogP contribution in [0.3, 0.4) is 0 Å². The summed E-state index contributed by atoms with van der Waals surface area (Å²) in [7, 11) is 2.92. The molecule has 0 unspecified atom stereocenters. The maximum Gasteiger partial charge on any atom is 0.200 e. The van der Waals surface area contributed by atoms with Crippen molar-refractivity contribution < 1.29 is 39.8 Å². The van der Waals surface area contributed by atoms with E-state index in [9.17, 15) is 25.5 Å². The monoisotopic (exact) mass is 797 g/mol. The van der Waals surface area contributed by atoms with Gasteiger partial charge < -0.3 is 45.3 Å². The fraction of sp³-hybridized carbons (Fsp3) is 0.333. The molecule has 8 rings (SSSR count). The van der Waals surface area contributed by atoms with E-state index in [1.54, 1.807) is 42.6 Å². The number of ketones is 1. The number of aromatic nitrogens is 2. The lowest BCUT2D eigenvalue weighted by molar-refractivity contribution is -0.132. The number of carbonyl (C=O) groups is 1. The summed E-state index contributed by atoms with van der Waals surface area (Å²) in [5, 5.41) is 60.4. The number of benzene rings is 4. The van der Waals surface area contributed by atoms with Gasteiger partial charge in [-0.1, -0.05) is 24.6 Å². The SMILES string of the molecule is COc1cc(CC[C@@H](O)[C@@H]2C(=O)C[C@H](c3cc(O)c(O)c(OC)c3)CCc3c(ccc4cc(O)ccc34)Nc3cc(ccn3)[C@]23CCC[C@@H]3Cc2ccc[nH]2)ccc1O. The molecule has 7 N–H and O–H groups in total. The molecule has 1 aliphatic heterocycles. The number of Topliss-reactive ketones (excluding diaryl/α,β-unsaturated/α-hetero) is 1. The topological polar surface area (TPSA) is 177 Å². The molecule has 1 fully saturated rings. The number of hydrogen-bond donors (Lipinski definition) is 7. The number of ether oxygens (including phenoxy) is 2. The standard InChI is InChI=1S/C48H51N3O8/c1-58-43-21-28(7-15-39(43)53)8-16-40(54)46-41(55)23-29(31-24-42(56)47(57)44(25-31)59-2)9-12-37-36-13-11-35(52)22-30(36)10-14-38(37)51-45-27-33(17-20-50-45)48(46)18-3-5-32(48)26-34-6-4-19-49-34/h4,6-7,10-11,13-15,17,19-22,24-25,27,29,32,40,46,49,52-54,56-57H,3,5,8-9,12,16,18,23,26H2,1-2H3,(H,50,51)/t29-,32-,40-,46-,48-/m1/s1. The maximum absolute atomic E-state index is 15.7. The van der Waals surface area contributed by atoms with E-state index in [1.807, 2.05) is 42.6 Å². The molecular weight excluding hydrogens is 747 g/mol. The summed E-state index contributed by atoms with van der Waals surface area (Å²) in [6.45, 7) is 0. The van der Waals surface area contributed by atoms with E-state index < -0.39 is 23.4 Å². The number of phenolic OH excluding ortho intramolecular Hbond substituents is 4. The first-order valence-electron chi connectivity index (χ1n) is 20.3. The van der Waals surface area contributed by atoms with Gasteiger partial charge in [-0.2, -0.15) is 0 Å². The van der Waals surface area contributed by atoms with Gasteiger partial charge in [-0.3, -0.25) is 4.79 Å². The molecule has 0 radical (unpaired) electrons. The van der Waals surface area contributed by atoms with Crippen LogP contribution in [-0.4, -0.2) is 61.6 Å². The second-order valence-electron chi connectivity index (χ2n) is 16.2. The highest BCUT2D eigenvalue weighted by Gasteiger charge is 2.54. The molecule has 0 saturated heterocycles. The first-order chi connectivity index (χ1) is 28.6. The molecule has 2 aromatic heterocycles. The molecule has 2 aliphatic rings. The van der Waals surface area contributed by atoms with Crippen LogP contribution in [0.2, 0.25) is 0 Å². The average molecular weight is 798 g/mol. The summed E-state index contributed by atoms with van der Waals surface area (Å²) >= 11 is 0. The van der Waals surface area contributed by atoms with E-state index >= 15 is 4.79 Å². The molecule has 1 spiro atoms. The molecule has 5 atom stereocenters. The first-order valence-corrected chi connectivity index (χ1v) is 20.3. The maximum atomic E-state index is 15.7. The van der Waals surface area contributed by atoms with Crippen molar-refractivity contribution in [1.82, 2.24) is 9.97 Å². The summed E-state index contributed by atoms with van der Waals surface area (Å²) in [5.41, 5.74) is 4.50. The van der Waals surface area contributed by atoms with Gasteiger partial charge in [0, 0.05) is 35.6 Å². The van der Waals surface area contributed by atoms with Crippen molar-refractivity contribution in [3.63, 3.8) is 0 Å². The third kappa shape index (κ3) is 7.74. The number of aliphatic hydroxyl groups is 1. The molecule has 11 nitrogen and oxygen atoms in total. The Kier molecular flexibility index (Phi) is 11.1. The van der Waals surface area contributed by atoms with E-state index in [-0.39, 0.29) is 53.3 Å². The van der Waals surface area contributed by atoms with Crippen LogP contribution in [0.4, 0.5) is 11.5 Å². The number of nitrogens with one attached hydrogen (secondary N) is 2. The average Bonchev–Trinajstić information content (AvgIpc) is 3.91. The Morgan fingerprint density at radius 1 is 0.898 bits per heavy atom. The zero-order chi connectivity index (χ0) is 41.3. The highest BCUT2D eigenvalue weighted by atomic mass is 16.5. The van der Waals surface area contributed by atoms with Crippen LogP contribution in [0, 0.1) is 11.8 Å². The minimum absolute atomic E-state index is 0.0148. The number of phenols is 4. The van der Waals surface area contributed by atoms with Crippen molar-refractivity contribution in [2.24, 2.45) is 11.8 Å². The summed E-state index contributed by atoms with van der Waals surface area (Å²) < 4.78 is 10.9. The molecule has 2 bridgehead atoms. The van der Waals surface area contributed by atoms with Crippen LogP contribution >= 0.6 is 0 Å². The van der Waals surface area contributed by atoms with Gasteiger partial charge in [0.15, 0.2) is 23.0 Å². The fourth-order valence-electron chi connectivity index (χ4n) is 10.1. The van der Waals surface area contributed by atoms with Crippen LogP contribution in [0.25, 0.3) is 10.8 Å². The van der Waals surface area contributed by atoms with Gasteiger partial charge in [0.1, 0.15) is 17.4 Å². The Hall–Kier alpha value is -6.20. The number of aromatic amines is 1. The highest BCUT2D eigenvalue weighted by Crippen LogP contribution is 2.55. The van der Waals surface area contributed by atoms with Crippen molar-refractivity contribution in [2.75, 3.05) is 19.5 Å². The number of aryl methyl sites for hydroxylation is 2. The van der Waals surface area contributed by atoms with Gasteiger partial charge >= 0.3 is 0 Å². The Morgan fingerprint density at radius 3 is 2.54 bits per heavy atom. The number of hydrogen-bond acceptors (Lipinski definition) is 10. The van der Waals surface area contributed by atoms with Crippen LogP contribution in [-0.2, 0) is 29.5 Å². The van der Waals surface area contributed by atoms with Crippen molar-refractivity contribution in [2.45, 2.75) is 75.2 Å². The number of pyridine rings is 1. The quantitative estimate of drug-likeness (QED) is 0.0701. The van der Waals surface area contributed by atoms with E-state index in [2.05, 4.69) is 16.4 Å². The van der Waals surface area contributed by atoms with E-state index in [1.165, 1.54) is 20.3 Å². The number of rotatable bonds is 9. The lowest BCUT2D eigenvalue weighted by Gasteiger charge is -2.45. The van der Waals surface area contributed by atoms with Crippen LogP contribution < -0.4 is 14.8 Å². The van der Waals surface area contributed by atoms with Gasteiger partial charge in [-0.05, 0) is 157 Å². The second kappa shape index (κ2) is 16.6. The van der Waals surface area contributed by atoms with Gasteiger partial charge in [0.2, 0.25) is 5.75 Å². The minimum atomic E-state index is -1.06. The Bertz CT molecular complexity index is 2470. The molecule has 6 aromatic rings. The van der Waals surface area contributed by atoms with Gasteiger partial charge in [-0.15, -0.1) is 0 Å². The van der Waals surface area contributed by atoms with Crippen molar-refractivity contribution >= 4 is 28.1 Å². The number of aliphatic hydroxyl groups excluding tert-OH is 1. The molecule has 1 aliphatic carbocycles. The molecule has 59 heavy (non-hydrogen) atoms. The second-order valence-corrected chi connectivity index (χ2v) is 16.2. The lowest BCUT2D eigenvalue weighted by Crippen LogP contribution is -2.50. The summed E-state index contributed by atoms with van der Waals surface area (Å²) in [4.78, 5) is 23.9. The van der Waals surface area contributed by atoms with Crippen LogP contribution in [0.15, 0.2) is 97.3 Å². The highest BCUT2D eigenvalue weighted by molar-refractivity contribution is 5.92. The zero-order valence-corrected chi connectivity index (χ0v) is 33.3. The predicted molar refractivity (Wildman–Crippen MR) is 226 cm³/mol. The number of methoxy groups -OCH3 is 2. The van der Waals surface area contributed by atoms with E-state index in [0.29, 0.717) is 49.2 Å². The number of fused-ring (bicyclic) bond motifs is 6. The minimum Gasteiger partial charge on any atom is -0.508 e. The number of carbonyl (C=O) groups excluding carboxylic acids is 1. The van der Waals surface area contributed by atoms with Gasteiger partial charge in [0.05, 0.1) is 26.2 Å².